The van der Waals surface area contributed by atoms with E-state index in [1.54, 1.807) is 29.6 Å². The van der Waals surface area contributed by atoms with Gasteiger partial charge in [0.15, 0.2) is 0 Å². The molecule has 4 nitrogen and oxygen atoms in total. The number of sulfonamides is 1. The van der Waals surface area contributed by atoms with Crippen molar-refractivity contribution in [3.8, 4) is 5.75 Å². The molecule has 1 aromatic carbocycles. The molecular weight excluding hydrogens is 310 g/mol. The summed E-state index contributed by atoms with van der Waals surface area (Å²) in [5, 5.41) is 0. The van der Waals surface area contributed by atoms with E-state index in [1.807, 2.05) is 0 Å². The lowest BCUT2D eigenvalue weighted by Crippen LogP contribution is -2.29. The van der Waals surface area contributed by atoms with Crippen LogP contribution in [0.4, 0.5) is 0 Å². The molecule has 0 radical (unpaired) electrons. The van der Waals surface area contributed by atoms with Gasteiger partial charge < -0.3 is 4.74 Å². The fourth-order valence-corrected chi connectivity index (χ4v) is 4.69. The van der Waals surface area contributed by atoms with E-state index >= 15 is 0 Å². The molecule has 6 heteroatoms. The largest absolute Gasteiger partial charge is 0.497 e. The van der Waals surface area contributed by atoms with Gasteiger partial charge in [-0.05, 0) is 42.5 Å². The van der Waals surface area contributed by atoms with Crippen molar-refractivity contribution in [1.82, 2.24) is 4.31 Å². The second-order valence-corrected chi connectivity index (χ2v) is 7.62. The topological polar surface area (TPSA) is 46.6 Å². The zero-order chi connectivity index (χ0) is 15.5. The summed E-state index contributed by atoms with van der Waals surface area (Å²) < 4.78 is 32.4. The van der Waals surface area contributed by atoms with Crippen LogP contribution in [0, 0.1) is 5.92 Å². The lowest BCUT2D eigenvalue weighted by atomic mass is 10.1. The molecule has 1 atom stereocenters. The van der Waals surface area contributed by atoms with Gasteiger partial charge in [-0.15, -0.1) is 11.6 Å². The van der Waals surface area contributed by atoms with Crippen molar-refractivity contribution < 1.29 is 13.2 Å². The molecule has 0 aromatic heterocycles. The van der Waals surface area contributed by atoms with Gasteiger partial charge in [-0.1, -0.05) is 13.3 Å². The lowest BCUT2D eigenvalue weighted by Gasteiger charge is -2.19. The Bertz CT molecular complexity index is 589. The first-order chi connectivity index (χ1) is 10.0. The van der Waals surface area contributed by atoms with Crippen molar-refractivity contribution in [2.45, 2.75) is 31.1 Å². The lowest BCUT2D eigenvalue weighted by molar-refractivity contribution is 0.413. The number of ether oxygens (including phenoxy) is 1. The Kier molecular flexibility index (Phi) is 5.52. The highest BCUT2D eigenvalue weighted by molar-refractivity contribution is 7.89. The summed E-state index contributed by atoms with van der Waals surface area (Å²) in [6.45, 7) is 3.32. The van der Waals surface area contributed by atoms with Crippen LogP contribution in [0.15, 0.2) is 23.1 Å². The Balaban J connectivity index is 2.35. The van der Waals surface area contributed by atoms with Crippen molar-refractivity contribution in [3.05, 3.63) is 23.8 Å². The predicted octanol–water partition coefficient (Wildman–Crippen LogP) is 2.90. The average Bonchev–Trinajstić information content (AvgIpc) is 2.97. The third-order valence-corrected chi connectivity index (χ3v) is 6.23. The van der Waals surface area contributed by atoms with E-state index in [-0.39, 0.29) is 0 Å². The monoisotopic (exact) mass is 331 g/mol. The first-order valence-corrected chi connectivity index (χ1v) is 9.23. The smallest absolute Gasteiger partial charge is 0.243 e. The molecule has 0 aliphatic carbocycles. The molecule has 1 saturated heterocycles. The Hall–Kier alpha value is -0.780. The SMILES string of the molecule is CCC1CCN(S(=O)(=O)c2ccc(OC)cc2CCCl)C1. The summed E-state index contributed by atoms with van der Waals surface area (Å²) in [5.74, 6) is 1.50. The second kappa shape index (κ2) is 6.99. The maximum atomic E-state index is 12.8. The first-order valence-electron chi connectivity index (χ1n) is 7.26. The summed E-state index contributed by atoms with van der Waals surface area (Å²) >= 11 is 5.81. The summed E-state index contributed by atoms with van der Waals surface area (Å²) in [6, 6.07) is 5.09. The van der Waals surface area contributed by atoms with Gasteiger partial charge in [-0.25, -0.2) is 8.42 Å². The number of halogens is 1. The van der Waals surface area contributed by atoms with Crippen LogP contribution in [0.1, 0.15) is 25.3 Å². The molecule has 0 saturated carbocycles. The molecule has 0 amide bonds. The maximum Gasteiger partial charge on any atom is 0.243 e. The Labute approximate surface area is 132 Å². The molecule has 0 bridgehead atoms. The highest BCUT2D eigenvalue weighted by atomic mass is 35.5. The number of nitrogens with zero attached hydrogens (tertiary/aromatic N) is 1. The molecule has 1 aliphatic heterocycles. The van der Waals surface area contributed by atoms with E-state index in [2.05, 4.69) is 6.92 Å². The van der Waals surface area contributed by atoms with Crippen LogP contribution in [-0.2, 0) is 16.4 Å². The van der Waals surface area contributed by atoms with E-state index in [1.165, 1.54) is 0 Å². The molecule has 2 rings (SSSR count). The standard InChI is InChI=1S/C15H22ClNO3S/c1-3-12-7-9-17(11-12)21(18,19)15-5-4-14(20-2)10-13(15)6-8-16/h4-5,10,12H,3,6-9,11H2,1-2H3. The number of alkyl halides is 1. The van der Waals surface area contributed by atoms with Gasteiger partial charge in [0.2, 0.25) is 10.0 Å². The minimum absolute atomic E-state index is 0.362. The van der Waals surface area contributed by atoms with Crippen molar-refractivity contribution >= 4 is 21.6 Å². The van der Waals surface area contributed by atoms with Gasteiger partial charge in [-0.2, -0.15) is 4.31 Å². The summed E-state index contributed by atoms with van der Waals surface area (Å²) in [6.07, 6.45) is 2.47. The van der Waals surface area contributed by atoms with Crippen molar-refractivity contribution in [3.63, 3.8) is 0 Å². The molecule has 1 heterocycles. The van der Waals surface area contributed by atoms with E-state index in [4.69, 9.17) is 16.3 Å². The number of hydrogen-bond donors (Lipinski definition) is 0. The van der Waals surface area contributed by atoms with E-state index in [0.29, 0.717) is 42.0 Å². The van der Waals surface area contributed by atoms with Crippen LogP contribution in [0.25, 0.3) is 0 Å². The highest BCUT2D eigenvalue weighted by Crippen LogP contribution is 2.29. The van der Waals surface area contributed by atoms with Gasteiger partial charge in [0.05, 0.1) is 12.0 Å². The average molecular weight is 332 g/mol. The molecule has 1 fully saturated rings. The molecule has 1 unspecified atom stereocenters. The number of methoxy groups -OCH3 is 1. The van der Waals surface area contributed by atoms with Crippen LogP contribution in [0.3, 0.4) is 0 Å². The van der Waals surface area contributed by atoms with E-state index in [9.17, 15) is 8.42 Å². The minimum Gasteiger partial charge on any atom is -0.497 e. The van der Waals surface area contributed by atoms with Crippen LogP contribution < -0.4 is 4.74 Å². The van der Waals surface area contributed by atoms with Crippen LogP contribution in [0.5, 0.6) is 5.75 Å². The fourth-order valence-electron chi connectivity index (χ4n) is 2.72. The fraction of sp³-hybridized carbons (Fsp3) is 0.600. The Morgan fingerprint density at radius 3 is 2.76 bits per heavy atom. The van der Waals surface area contributed by atoms with Crippen molar-refractivity contribution in [2.24, 2.45) is 5.92 Å². The zero-order valence-electron chi connectivity index (χ0n) is 12.5. The van der Waals surface area contributed by atoms with Gasteiger partial charge in [-0.3, -0.25) is 0 Å². The summed E-state index contributed by atoms with van der Waals surface area (Å²) in [5.41, 5.74) is 0.726. The third kappa shape index (κ3) is 3.52. The predicted molar refractivity (Wildman–Crippen MR) is 84.6 cm³/mol. The van der Waals surface area contributed by atoms with Gasteiger partial charge in [0, 0.05) is 19.0 Å². The van der Waals surface area contributed by atoms with Gasteiger partial charge in [0.25, 0.3) is 0 Å². The van der Waals surface area contributed by atoms with E-state index in [0.717, 1.165) is 18.4 Å². The number of hydrogen-bond acceptors (Lipinski definition) is 3. The molecule has 118 valence electrons. The van der Waals surface area contributed by atoms with Gasteiger partial charge in [0.1, 0.15) is 5.75 Å². The molecule has 0 N–H and O–H groups in total. The Morgan fingerprint density at radius 1 is 1.43 bits per heavy atom. The first kappa shape index (κ1) is 16.6. The summed E-state index contributed by atoms with van der Waals surface area (Å²) in [7, 11) is -1.87. The zero-order valence-corrected chi connectivity index (χ0v) is 14.1. The van der Waals surface area contributed by atoms with Crippen LogP contribution >= 0.6 is 11.6 Å². The quantitative estimate of drug-likeness (QED) is 0.753. The molecular formula is C15H22ClNO3S. The minimum atomic E-state index is -3.44. The second-order valence-electron chi connectivity index (χ2n) is 5.34. The normalized spacial score (nSPS) is 19.9. The highest BCUT2D eigenvalue weighted by Gasteiger charge is 2.33. The third-order valence-electron chi connectivity index (χ3n) is 4.08. The van der Waals surface area contributed by atoms with Crippen LogP contribution in [-0.4, -0.2) is 38.8 Å². The molecule has 0 spiro atoms. The maximum absolute atomic E-state index is 12.8. The summed E-state index contributed by atoms with van der Waals surface area (Å²) in [4.78, 5) is 0.362. The molecule has 21 heavy (non-hydrogen) atoms. The van der Waals surface area contributed by atoms with Crippen molar-refractivity contribution in [2.75, 3.05) is 26.1 Å². The van der Waals surface area contributed by atoms with Gasteiger partial charge >= 0.3 is 0 Å². The molecule has 1 aromatic rings. The van der Waals surface area contributed by atoms with Crippen molar-refractivity contribution in [1.29, 1.82) is 0 Å². The Morgan fingerprint density at radius 2 is 2.19 bits per heavy atom. The molecule has 1 aliphatic rings. The number of aryl methyl sites for hydroxylation is 1. The van der Waals surface area contributed by atoms with E-state index < -0.39 is 10.0 Å². The number of rotatable bonds is 6. The number of benzene rings is 1. The van der Waals surface area contributed by atoms with Crippen LogP contribution in [0.2, 0.25) is 0 Å².